The molecule has 0 aromatic heterocycles. The summed E-state index contributed by atoms with van der Waals surface area (Å²) in [5, 5.41) is 14.7. The molecular weight excluding hydrogens is 300 g/mol. The van der Waals surface area contributed by atoms with E-state index in [-0.39, 0.29) is 17.5 Å². The summed E-state index contributed by atoms with van der Waals surface area (Å²) in [5.41, 5.74) is 0.762. The van der Waals surface area contributed by atoms with Crippen molar-refractivity contribution >= 4 is 33.5 Å². The van der Waals surface area contributed by atoms with Crippen molar-refractivity contribution in [2.75, 3.05) is 11.9 Å². The van der Waals surface area contributed by atoms with E-state index in [0.29, 0.717) is 10.2 Å². The predicted molar refractivity (Wildman–Crippen MR) is 70.8 cm³/mol. The average molecular weight is 313 g/mol. The Balaban J connectivity index is 2.09. The van der Waals surface area contributed by atoms with Crippen LogP contribution in [0, 0.1) is 0 Å². The second kappa shape index (κ2) is 5.49. The fraction of sp³-hybridized carbons (Fsp3) is 0.333. The lowest BCUT2D eigenvalue weighted by atomic mass is 10.2. The molecule has 0 saturated carbocycles. The number of nitrogens with one attached hydrogen (secondary N) is 2. The predicted octanol–water partition coefficient (Wildman–Crippen LogP) is 1.84. The maximum atomic E-state index is 11.9. The fourth-order valence-corrected chi connectivity index (χ4v) is 2.36. The number of carbonyl (C=O) groups is 2. The number of aromatic carboxylic acids is 1. The Morgan fingerprint density at radius 2 is 2.22 bits per heavy atom. The van der Waals surface area contributed by atoms with Crippen LogP contribution in [-0.2, 0) is 4.79 Å². The zero-order valence-electron chi connectivity index (χ0n) is 9.57. The molecule has 96 valence electrons. The third-order valence-corrected chi connectivity index (χ3v) is 3.51. The Morgan fingerprint density at radius 1 is 1.44 bits per heavy atom. The van der Waals surface area contributed by atoms with Gasteiger partial charge in [-0.25, -0.2) is 4.79 Å². The molecule has 0 spiro atoms. The molecule has 1 aliphatic rings. The molecule has 1 aromatic carbocycles. The van der Waals surface area contributed by atoms with Crippen molar-refractivity contribution < 1.29 is 14.7 Å². The molecule has 1 saturated heterocycles. The Labute approximate surface area is 113 Å². The molecule has 1 fully saturated rings. The van der Waals surface area contributed by atoms with Gasteiger partial charge in [0.25, 0.3) is 0 Å². The monoisotopic (exact) mass is 312 g/mol. The van der Waals surface area contributed by atoms with E-state index < -0.39 is 5.97 Å². The summed E-state index contributed by atoms with van der Waals surface area (Å²) < 4.78 is 0.564. The summed E-state index contributed by atoms with van der Waals surface area (Å²) in [7, 11) is 0. The lowest BCUT2D eigenvalue weighted by Crippen LogP contribution is -2.35. The van der Waals surface area contributed by atoms with Gasteiger partial charge in [0.1, 0.15) is 0 Å². The lowest BCUT2D eigenvalue weighted by molar-refractivity contribution is -0.117. The number of amides is 1. The normalized spacial score (nSPS) is 18.6. The van der Waals surface area contributed by atoms with Gasteiger partial charge in [-0.05, 0) is 53.5 Å². The smallest absolute Gasteiger partial charge is 0.335 e. The second-order valence-electron chi connectivity index (χ2n) is 4.14. The molecule has 6 heteroatoms. The van der Waals surface area contributed by atoms with Gasteiger partial charge in [0.15, 0.2) is 0 Å². The van der Waals surface area contributed by atoms with Gasteiger partial charge in [0.05, 0.1) is 17.3 Å². The standard InChI is InChI=1S/C12H13BrN2O3/c13-8-6-7(12(17)18)3-4-9(8)15-11(16)10-2-1-5-14-10/h3-4,6,10,14H,1-2,5H2,(H,15,16)(H,17,18)/t10-/m0/s1. The van der Waals surface area contributed by atoms with Crippen LogP contribution >= 0.6 is 15.9 Å². The van der Waals surface area contributed by atoms with Crippen molar-refractivity contribution in [3.63, 3.8) is 0 Å². The van der Waals surface area contributed by atoms with Crippen LogP contribution in [0.5, 0.6) is 0 Å². The molecule has 1 atom stereocenters. The van der Waals surface area contributed by atoms with E-state index in [0.717, 1.165) is 19.4 Å². The third-order valence-electron chi connectivity index (χ3n) is 2.85. The van der Waals surface area contributed by atoms with Crippen molar-refractivity contribution in [2.24, 2.45) is 0 Å². The van der Waals surface area contributed by atoms with E-state index in [2.05, 4.69) is 26.6 Å². The first-order valence-corrected chi connectivity index (χ1v) is 6.44. The van der Waals surface area contributed by atoms with E-state index in [1.807, 2.05) is 0 Å². The van der Waals surface area contributed by atoms with Crippen LogP contribution in [0.15, 0.2) is 22.7 Å². The molecule has 2 rings (SSSR count). The summed E-state index contributed by atoms with van der Waals surface area (Å²) in [6, 6.07) is 4.36. The molecular formula is C12H13BrN2O3. The zero-order valence-corrected chi connectivity index (χ0v) is 11.2. The number of anilines is 1. The Hall–Kier alpha value is -1.40. The summed E-state index contributed by atoms with van der Waals surface area (Å²) in [6.45, 7) is 0.858. The summed E-state index contributed by atoms with van der Waals surface area (Å²) in [6.07, 6.45) is 1.83. The van der Waals surface area contributed by atoms with Crippen LogP contribution < -0.4 is 10.6 Å². The largest absolute Gasteiger partial charge is 0.478 e. The van der Waals surface area contributed by atoms with E-state index >= 15 is 0 Å². The van der Waals surface area contributed by atoms with Crippen LogP contribution in [0.3, 0.4) is 0 Å². The van der Waals surface area contributed by atoms with E-state index in [4.69, 9.17) is 5.11 Å². The number of carboxylic acid groups (broad SMARTS) is 1. The van der Waals surface area contributed by atoms with E-state index in [1.54, 1.807) is 6.07 Å². The molecule has 1 aliphatic heterocycles. The molecule has 18 heavy (non-hydrogen) atoms. The molecule has 3 N–H and O–H groups in total. The molecule has 5 nitrogen and oxygen atoms in total. The Bertz CT molecular complexity index is 484. The van der Waals surface area contributed by atoms with Gasteiger partial charge in [-0.3, -0.25) is 4.79 Å². The quantitative estimate of drug-likeness (QED) is 0.795. The number of hydrogen-bond acceptors (Lipinski definition) is 3. The van der Waals surface area contributed by atoms with Crippen molar-refractivity contribution in [3.05, 3.63) is 28.2 Å². The fourth-order valence-electron chi connectivity index (χ4n) is 1.88. The Kier molecular flexibility index (Phi) is 3.98. The van der Waals surface area contributed by atoms with Crippen LogP contribution in [0.2, 0.25) is 0 Å². The van der Waals surface area contributed by atoms with Crippen LogP contribution in [0.25, 0.3) is 0 Å². The van der Waals surface area contributed by atoms with Crippen molar-refractivity contribution in [2.45, 2.75) is 18.9 Å². The number of benzene rings is 1. The van der Waals surface area contributed by atoms with E-state index in [9.17, 15) is 9.59 Å². The van der Waals surface area contributed by atoms with Crippen molar-refractivity contribution in [3.8, 4) is 0 Å². The minimum atomic E-state index is -0.994. The van der Waals surface area contributed by atoms with Crippen LogP contribution in [0.1, 0.15) is 23.2 Å². The highest BCUT2D eigenvalue weighted by molar-refractivity contribution is 9.10. The highest BCUT2D eigenvalue weighted by atomic mass is 79.9. The Morgan fingerprint density at radius 3 is 2.78 bits per heavy atom. The highest BCUT2D eigenvalue weighted by Gasteiger charge is 2.22. The van der Waals surface area contributed by atoms with Gasteiger partial charge in [-0.1, -0.05) is 0 Å². The first-order chi connectivity index (χ1) is 8.58. The van der Waals surface area contributed by atoms with Gasteiger partial charge < -0.3 is 15.7 Å². The molecule has 0 unspecified atom stereocenters. The number of carboxylic acids is 1. The zero-order chi connectivity index (χ0) is 13.1. The second-order valence-corrected chi connectivity index (χ2v) is 4.99. The van der Waals surface area contributed by atoms with Gasteiger partial charge in [-0.2, -0.15) is 0 Å². The highest BCUT2D eigenvalue weighted by Crippen LogP contribution is 2.24. The molecule has 0 aliphatic carbocycles. The molecule has 1 heterocycles. The van der Waals surface area contributed by atoms with Gasteiger partial charge in [0, 0.05) is 4.47 Å². The van der Waals surface area contributed by atoms with E-state index in [1.165, 1.54) is 12.1 Å². The lowest BCUT2D eigenvalue weighted by Gasteiger charge is -2.12. The topological polar surface area (TPSA) is 78.4 Å². The number of halogens is 1. The summed E-state index contributed by atoms with van der Waals surface area (Å²) in [5.74, 6) is -1.08. The maximum absolute atomic E-state index is 11.9. The van der Waals surface area contributed by atoms with Crippen LogP contribution in [-0.4, -0.2) is 29.6 Å². The molecule has 1 amide bonds. The molecule has 0 bridgehead atoms. The average Bonchev–Trinajstić information content (AvgIpc) is 2.85. The van der Waals surface area contributed by atoms with Gasteiger partial charge in [0.2, 0.25) is 5.91 Å². The van der Waals surface area contributed by atoms with Gasteiger partial charge in [-0.15, -0.1) is 0 Å². The first-order valence-electron chi connectivity index (χ1n) is 5.65. The third kappa shape index (κ3) is 2.88. The minimum absolute atomic E-state index is 0.0868. The number of hydrogen-bond donors (Lipinski definition) is 3. The number of carbonyl (C=O) groups excluding carboxylic acids is 1. The molecule has 1 aromatic rings. The number of rotatable bonds is 3. The summed E-state index contributed by atoms with van der Waals surface area (Å²) >= 11 is 3.25. The van der Waals surface area contributed by atoms with Crippen molar-refractivity contribution in [1.82, 2.24) is 5.32 Å². The summed E-state index contributed by atoms with van der Waals surface area (Å²) in [4.78, 5) is 22.7. The maximum Gasteiger partial charge on any atom is 0.335 e. The minimum Gasteiger partial charge on any atom is -0.478 e. The van der Waals surface area contributed by atoms with Crippen LogP contribution in [0.4, 0.5) is 5.69 Å². The first kappa shape index (κ1) is 13.0. The molecule has 0 radical (unpaired) electrons. The van der Waals surface area contributed by atoms with Gasteiger partial charge >= 0.3 is 5.97 Å². The SMILES string of the molecule is O=C(O)c1ccc(NC(=O)[C@@H]2CCCN2)c(Br)c1. The van der Waals surface area contributed by atoms with Crippen molar-refractivity contribution in [1.29, 1.82) is 0 Å².